The molecule has 0 fully saturated rings. The highest BCUT2D eigenvalue weighted by Gasteiger charge is 2.12. The maximum atomic E-state index is 11.8. The van der Waals surface area contributed by atoms with Gasteiger partial charge in [-0.1, -0.05) is 12.1 Å². The van der Waals surface area contributed by atoms with E-state index >= 15 is 0 Å². The van der Waals surface area contributed by atoms with Gasteiger partial charge in [-0.25, -0.2) is 13.1 Å². The van der Waals surface area contributed by atoms with Gasteiger partial charge in [0.2, 0.25) is 10.0 Å². The highest BCUT2D eigenvalue weighted by atomic mass is 32.2. The van der Waals surface area contributed by atoms with Gasteiger partial charge in [0.05, 0.1) is 11.0 Å². The third kappa shape index (κ3) is 5.07. The highest BCUT2D eigenvalue weighted by molar-refractivity contribution is 7.89. The van der Waals surface area contributed by atoms with E-state index < -0.39 is 16.0 Å². The van der Waals surface area contributed by atoms with Crippen molar-refractivity contribution in [2.45, 2.75) is 24.2 Å². The second kappa shape index (κ2) is 6.87. The summed E-state index contributed by atoms with van der Waals surface area (Å²) in [6.45, 7) is 0.0690. The van der Waals surface area contributed by atoms with Crippen molar-refractivity contribution in [3.8, 4) is 6.07 Å². The summed E-state index contributed by atoms with van der Waals surface area (Å²) < 4.78 is 25.8. The fourth-order valence-electron chi connectivity index (χ4n) is 1.41. The minimum Gasteiger partial charge on any atom is -0.481 e. The first-order chi connectivity index (χ1) is 8.95. The van der Waals surface area contributed by atoms with E-state index in [1.165, 1.54) is 12.1 Å². The lowest BCUT2D eigenvalue weighted by Crippen LogP contribution is -2.24. The standard InChI is InChI=1S/C12H14N2O4S/c13-8-1-9-14-19(17,18)11-5-2-10(3-6-11)4-7-12(15)16/h2-3,5-6,14H,1,4,7,9H2,(H,15,16). The van der Waals surface area contributed by atoms with Crippen LogP contribution in [-0.4, -0.2) is 26.0 Å². The van der Waals surface area contributed by atoms with Crippen molar-refractivity contribution in [3.05, 3.63) is 29.8 Å². The van der Waals surface area contributed by atoms with Crippen LogP contribution < -0.4 is 4.72 Å². The topological polar surface area (TPSA) is 107 Å². The molecule has 6 nitrogen and oxygen atoms in total. The fraction of sp³-hybridized carbons (Fsp3) is 0.333. The molecule has 0 aliphatic carbocycles. The van der Waals surface area contributed by atoms with Crippen LogP contribution in [-0.2, 0) is 21.2 Å². The van der Waals surface area contributed by atoms with Gasteiger partial charge in [0.25, 0.3) is 0 Å². The van der Waals surface area contributed by atoms with Crippen LogP contribution in [0.1, 0.15) is 18.4 Å². The lowest BCUT2D eigenvalue weighted by molar-refractivity contribution is -0.136. The van der Waals surface area contributed by atoms with Crippen LogP contribution in [0.15, 0.2) is 29.2 Å². The summed E-state index contributed by atoms with van der Waals surface area (Å²) in [7, 11) is -3.60. The molecule has 0 aromatic heterocycles. The van der Waals surface area contributed by atoms with E-state index in [0.717, 1.165) is 5.56 Å². The van der Waals surface area contributed by atoms with Crippen molar-refractivity contribution in [3.63, 3.8) is 0 Å². The molecule has 2 N–H and O–H groups in total. The Labute approximate surface area is 111 Å². The average molecular weight is 282 g/mol. The number of carboxylic acids is 1. The smallest absolute Gasteiger partial charge is 0.303 e. The lowest BCUT2D eigenvalue weighted by Gasteiger charge is -2.06. The van der Waals surface area contributed by atoms with Crippen LogP contribution in [0, 0.1) is 11.3 Å². The molecule has 0 saturated heterocycles. The quantitative estimate of drug-likeness (QED) is 0.722. The molecule has 0 saturated carbocycles. The van der Waals surface area contributed by atoms with Crippen molar-refractivity contribution in [1.82, 2.24) is 4.72 Å². The second-order valence-corrected chi connectivity index (χ2v) is 5.61. The van der Waals surface area contributed by atoms with E-state index in [1.807, 2.05) is 6.07 Å². The zero-order valence-corrected chi connectivity index (χ0v) is 11.0. The summed E-state index contributed by atoms with van der Waals surface area (Å²) in [5.41, 5.74) is 0.762. The van der Waals surface area contributed by atoms with E-state index in [4.69, 9.17) is 10.4 Å². The summed E-state index contributed by atoms with van der Waals surface area (Å²) in [4.78, 5) is 10.5. The van der Waals surface area contributed by atoms with Crippen LogP contribution in [0.25, 0.3) is 0 Å². The molecule has 0 unspecified atom stereocenters. The van der Waals surface area contributed by atoms with Crippen LogP contribution >= 0.6 is 0 Å². The van der Waals surface area contributed by atoms with Gasteiger partial charge in [0.15, 0.2) is 0 Å². The molecule has 0 heterocycles. The SMILES string of the molecule is N#CCCNS(=O)(=O)c1ccc(CCC(=O)O)cc1. The molecule has 1 rings (SSSR count). The molecule has 0 atom stereocenters. The molecule has 0 aliphatic heterocycles. The number of carbonyl (C=O) groups is 1. The predicted octanol–water partition coefficient (Wildman–Crippen LogP) is 0.896. The van der Waals surface area contributed by atoms with Crippen LogP contribution in [0.4, 0.5) is 0 Å². The Bertz CT molecular complexity index is 573. The van der Waals surface area contributed by atoms with Gasteiger partial charge in [-0.15, -0.1) is 0 Å². The number of nitrogens with one attached hydrogen (secondary N) is 1. The van der Waals surface area contributed by atoms with E-state index in [9.17, 15) is 13.2 Å². The van der Waals surface area contributed by atoms with Gasteiger partial charge in [-0.05, 0) is 24.1 Å². The minimum atomic E-state index is -3.60. The first-order valence-corrected chi connectivity index (χ1v) is 7.11. The monoisotopic (exact) mass is 282 g/mol. The van der Waals surface area contributed by atoms with E-state index in [2.05, 4.69) is 4.72 Å². The third-order valence-corrected chi connectivity index (χ3v) is 3.87. The number of aryl methyl sites for hydroxylation is 1. The number of rotatable bonds is 7. The Balaban J connectivity index is 2.70. The summed E-state index contributed by atoms with van der Waals surface area (Å²) in [6, 6.07) is 7.86. The third-order valence-electron chi connectivity index (χ3n) is 2.39. The maximum Gasteiger partial charge on any atom is 0.303 e. The molecule has 0 bridgehead atoms. The van der Waals surface area contributed by atoms with Gasteiger partial charge in [0.1, 0.15) is 0 Å². The van der Waals surface area contributed by atoms with Crippen molar-refractivity contribution in [2.75, 3.05) is 6.54 Å². The number of nitrogens with zero attached hydrogens (tertiary/aromatic N) is 1. The van der Waals surface area contributed by atoms with Gasteiger partial charge in [-0.3, -0.25) is 4.79 Å². The Morgan fingerprint density at radius 3 is 2.47 bits per heavy atom. The number of aliphatic carboxylic acids is 1. The van der Waals surface area contributed by atoms with Gasteiger partial charge < -0.3 is 5.11 Å². The van der Waals surface area contributed by atoms with Crippen LogP contribution in [0.5, 0.6) is 0 Å². The normalized spacial score (nSPS) is 10.9. The number of hydrogen-bond donors (Lipinski definition) is 2. The van der Waals surface area contributed by atoms with E-state index in [1.54, 1.807) is 12.1 Å². The summed E-state index contributed by atoms with van der Waals surface area (Å²) in [5, 5.41) is 16.9. The number of nitriles is 1. The van der Waals surface area contributed by atoms with Gasteiger partial charge >= 0.3 is 5.97 Å². The van der Waals surface area contributed by atoms with E-state index in [-0.39, 0.29) is 24.3 Å². The molecule has 0 spiro atoms. The lowest BCUT2D eigenvalue weighted by atomic mass is 10.1. The molecule has 7 heteroatoms. The largest absolute Gasteiger partial charge is 0.481 e. The molecule has 0 aliphatic rings. The number of benzene rings is 1. The Morgan fingerprint density at radius 2 is 1.95 bits per heavy atom. The molecule has 1 aromatic carbocycles. The van der Waals surface area contributed by atoms with Crippen LogP contribution in [0.3, 0.4) is 0 Å². The maximum absolute atomic E-state index is 11.8. The Morgan fingerprint density at radius 1 is 1.32 bits per heavy atom. The summed E-state index contributed by atoms with van der Waals surface area (Å²) in [6.07, 6.45) is 0.472. The van der Waals surface area contributed by atoms with E-state index in [0.29, 0.717) is 6.42 Å². The number of sulfonamides is 1. The zero-order chi connectivity index (χ0) is 14.3. The molecule has 102 valence electrons. The van der Waals surface area contributed by atoms with Crippen molar-refractivity contribution in [2.24, 2.45) is 0 Å². The van der Waals surface area contributed by atoms with Crippen molar-refractivity contribution >= 4 is 16.0 Å². The van der Waals surface area contributed by atoms with Gasteiger partial charge in [-0.2, -0.15) is 5.26 Å². The van der Waals surface area contributed by atoms with Crippen molar-refractivity contribution in [1.29, 1.82) is 5.26 Å². The Kier molecular flexibility index (Phi) is 5.48. The minimum absolute atomic E-state index is 0.00646. The molecule has 0 amide bonds. The summed E-state index contributed by atoms with van der Waals surface area (Å²) in [5.74, 6) is -0.894. The molecular formula is C12H14N2O4S. The predicted molar refractivity (Wildman–Crippen MR) is 67.8 cm³/mol. The first-order valence-electron chi connectivity index (χ1n) is 5.63. The fourth-order valence-corrected chi connectivity index (χ4v) is 2.44. The van der Waals surface area contributed by atoms with Gasteiger partial charge in [0, 0.05) is 19.4 Å². The summed E-state index contributed by atoms with van der Waals surface area (Å²) >= 11 is 0. The Hall–Kier alpha value is -1.91. The second-order valence-electron chi connectivity index (χ2n) is 3.84. The zero-order valence-electron chi connectivity index (χ0n) is 10.2. The molecule has 0 radical (unpaired) electrons. The number of carboxylic acid groups (broad SMARTS) is 1. The highest BCUT2D eigenvalue weighted by Crippen LogP contribution is 2.11. The average Bonchev–Trinajstić information content (AvgIpc) is 2.37. The molecule has 1 aromatic rings. The van der Waals surface area contributed by atoms with Crippen molar-refractivity contribution < 1.29 is 18.3 Å². The molecule has 19 heavy (non-hydrogen) atoms. The first kappa shape index (κ1) is 15.1. The number of hydrogen-bond acceptors (Lipinski definition) is 4. The molecular weight excluding hydrogens is 268 g/mol. The van der Waals surface area contributed by atoms with Crippen LogP contribution in [0.2, 0.25) is 0 Å².